The molecular weight excluding hydrogens is 324 g/mol. The van der Waals surface area contributed by atoms with Crippen molar-refractivity contribution in [3.8, 4) is 5.88 Å². The Labute approximate surface area is 134 Å². The first-order chi connectivity index (χ1) is 11.1. The van der Waals surface area contributed by atoms with Gasteiger partial charge in [-0.2, -0.15) is 4.98 Å². The molecule has 3 aromatic heterocycles. The van der Waals surface area contributed by atoms with Crippen LogP contribution in [0.2, 0.25) is 5.15 Å². The topological polar surface area (TPSA) is 113 Å². The van der Waals surface area contributed by atoms with E-state index in [-0.39, 0.29) is 17.0 Å². The molecule has 23 heavy (non-hydrogen) atoms. The lowest BCUT2D eigenvalue weighted by atomic mass is 10.5. The largest absolute Gasteiger partial charge is 0.481 e. The van der Waals surface area contributed by atoms with Gasteiger partial charge in [0.15, 0.2) is 11.0 Å². The van der Waals surface area contributed by atoms with Crippen LogP contribution in [0, 0.1) is 0 Å². The van der Waals surface area contributed by atoms with E-state index in [9.17, 15) is 9.59 Å². The van der Waals surface area contributed by atoms with Gasteiger partial charge in [-0.15, -0.1) is 0 Å². The van der Waals surface area contributed by atoms with E-state index >= 15 is 0 Å². The highest BCUT2D eigenvalue weighted by molar-refractivity contribution is 6.32. The summed E-state index contributed by atoms with van der Waals surface area (Å²) in [5.74, 6) is 0.318. The fourth-order valence-electron chi connectivity index (χ4n) is 1.92. The number of carbonyl (C=O) groups is 1. The molecule has 3 heterocycles. The molecule has 0 bridgehead atoms. The number of halogens is 1. The number of methoxy groups -OCH3 is 1. The number of carbonyl (C=O) groups excluding carboxylic acids is 1. The zero-order valence-electron chi connectivity index (χ0n) is 11.8. The lowest BCUT2D eigenvalue weighted by Crippen LogP contribution is -2.23. The van der Waals surface area contributed by atoms with Crippen molar-refractivity contribution in [2.45, 2.75) is 0 Å². The number of aromatic nitrogens is 4. The fraction of sp³-hybridized carbons (Fsp3) is 0.0769. The van der Waals surface area contributed by atoms with Crippen LogP contribution in [-0.2, 0) is 0 Å². The fourth-order valence-corrected chi connectivity index (χ4v) is 2.15. The molecule has 9 nitrogen and oxygen atoms in total. The molecule has 10 heteroatoms. The third-order valence-electron chi connectivity index (χ3n) is 2.88. The molecule has 0 radical (unpaired) electrons. The normalized spacial score (nSPS) is 10.5. The highest BCUT2D eigenvalue weighted by atomic mass is 35.5. The number of rotatable bonds is 3. The highest BCUT2D eigenvalue weighted by Crippen LogP contribution is 2.22. The van der Waals surface area contributed by atoms with Crippen LogP contribution < -0.4 is 20.9 Å². The van der Waals surface area contributed by atoms with Crippen LogP contribution in [0.15, 0.2) is 35.3 Å². The smallest absolute Gasteiger partial charge is 0.327 e. The molecule has 0 aliphatic heterocycles. The Bertz CT molecular complexity index is 935. The number of imidazole rings is 1. The van der Waals surface area contributed by atoms with Crippen molar-refractivity contribution in [2.75, 3.05) is 17.7 Å². The zero-order chi connectivity index (χ0) is 16.4. The van der Waals surface area contributed by atoms with E-state index in [0.29, 0.717) is 11.5 Å². The number of urea groups is 1. The van der Waals surface area contributed by atoms with Gasteiger partial charge >= 0.3 is 6.03 Å². The summed E-state index contributed by atoms with van der Waals surface area (Å²) in [4.78, 5) is 33.9. The second-order valence-electron chi connectivity index (χ2n) is 4.40. The Morgan fingerprint density at radius 2 is 2.17 bits per heavy atom. The average molecular weight is 335 g/mol. The van der Waals surface area contributed by atoms with E-state index in [1.165, 1.54) is 7.11 Å². The molecule has 0 fully saturated rings. The van der Waals surface area contributed by atoms with Crippen LogP contribution in [0.3, 0.4) is 0 Å². The summed E-state index contributed by atoms with van der Waals surface area (Å²) in [6.45, 7) is 0. The van der Waals surface area contributed by atoms with Gasteiger partial charge < -0.3 is 4.74 Å². The minimum atomic E-state index is -0.644. The standard InChI is InChI=1S/C13H11ClN6O3/c1-23-9-6-8(21)16-12(17-9)19-13(22)18-11-10(14)15-7-4-2-3-5-20(7)11/h2-6H,1H3,(H3,16,17,18,19,21,22). The van der Waals surface area contributed by atoms with Crippen LogP contribution in [0.25, 0.3) is 5.65 Å². The lowest BCUT2D eigenvalue weighted by Gasteiger charge is -2.07. The molecule has 3 N–H and O–H groups in total. The number of hydrogen-bond acceptors (Lipinski definition) is 5. The molecule has 3 rings (SSSR count). The van der Waals surface area contributed by atoms with Crippen molar-refractivity contribution in [3.05, 3.63) is 46.0 Å². The highest BCUT2D eigenvalue weighted by Gasteiger charge is 2.14. The first kappa shape index (κ1) is 14.9. The van der Waals surface area contributed by atoms with Gasteiger partial charge in [0.05, 0.1) is 13.2 Å². The predicted octanol–water partition coefficient (Wildman–Crippen LogP) is 1.72. The number of pyridine rings is 1. The molecule has 0 atom stereocenters. The van der Waals surface area contributed by atoms with E-state index in [0.717, 1.165) is 6.07 Å². The minimum Gasteiger partial charge on any atom is -0.481 e. The van der Waals surface area contributed by atoms with Crippen molar-refractivity contribution >= 4 is 35.0 Å². The molecule has 2 amide bonds. The Balaban J connectivity index is 1.83. The van der Waals surface area contributed by atoms with E-state index in [1.54, 1.807) is 28.8 Å². The van der Waals surface area contributed by atoms with Crippen LogP contribution in [0.1, 0.15) is 0 Å². The maximum atomic E-state index is 12.1. The molecule has 0 saturated heterocycles. The molecule has 0 aromatic carbocycles. The Morgan fingerprint density at radius 1 is 1.35 bits per heavy atom. The quantitative estimate of drug-likeness (QED) is 0.675. The van der Waals surface area contributed by atoms with Gasteiger partial charge in [-0.1, -0.05) is 17.7 Å². The summed E-state index contributed by atoms with van der Waals surface area (Å²) in [5, 5.41) is 5.08. The zero-order valence-corrected chi connectivity index (χ0v) is 12.6. The molecule has 0 unspecified atom stereocenters. The van der Waals surface area contributed by atoms with E-state index < -0.39 is 11.6 Å². The van der Waals surface area contributed by atoms with Gasteiger partial charge in [-0.25, -0.2) is 9.78 Å². The number of amides is 2. The van der Waals surface area contributed by atoms with Crippen molar-refractivity contribution in [3.63, 3.8) is 0 Å². The molecule has 118 valence electrons. The van der Waals surface area contributed by atoms with Gasteiger partial charge in [-0.05, 0) is 12.1 Å². The van der Waals surface area contributed by atoms with E-state index in [2.05, 4.69) is 25.6 Å². The van der Waals surface area contributed by atoms with Gasteiger partial charge in [0.25, 0.3) is 5.56 Å². The van der Waals surface area contributed by atoms with Gasteiger partial charge in [0.2, 0.25) is 11.8 Å². The van der Waals surface area contributed by atoms with Crippen molar-refractivity contribution in [2.24, 2.45) is 0 Å². The van der Waals surface area contributed by atoms with Crippen LogP contribution in [0.5, 0.6) is 5.88 Å². The average Bonchev–Trinajstić information content (AvgIpc) is 2.82. The summed E-state index contributed by atoms with van der Waals surface area (Å²) in [6, 6.07) is 5.83. The third kappa shape index (κ3) is 3.09. The Hall–Kier alpha value is -3.07. The van der Waals surface area contributed by atoms with E-state index in [4.69, 9.17) is 16.3 Å². The summed E-state index contributed by atoms with van der Waals surface area (Å²) in [6.07, 6.45) is 1.70. The van der Waals surface area contributed by atoms with Gasteiger partial charge in [0, 0.05) is 6.20 Å². The molecule has 0 aliphatic carbocycles. The second kappa shape index (κ2) is 5.97. The number of nitrogens with one attached hydrogen (secondary N) is 3. The molecule has 0 saturated carbocycles. The van der Waals surface area contributed by atoms with Gasteiger partial charge in [-0.3, -0.25) is 24.8 Å². The van der Waals surface area contributed by atoms with Crippen LogP contribution in [-0.4, -0.2) is 32.5 Å². The monoisotopic (exact) mass is 334 g/mol. The minimum absolute atomic E-state index is 0.0585. The van der Waals surface area contributed by atoms with Gasteiger partial charge in [0.1, 0.15) is 5.65 Å². The van der Waals surface area contributed by atoms with Crippen molar-refractivity contribution < 1.29 is 9.53 Å². The summed E-state index contributed by atoms with van der Waals surface area (Å²) >= 11 is 6.02. The van der Waals surface area contributed by atoms with E-state index in [1.807, 2.05) is 0 Å². The molecule has 3 aromatic rings. The number of H-pyrrole nitrogens is 1. The number of hydrogen-bond donors (Lipinski definition) is 3. The van der Waals surface area contributed by atoms with Crippen molar-refractivity contribution in [1.29, 1.82) is 0 Å². The third-order valence-corrected chi connectivity index (χ3v) is 3.14. The van der Waals surface area contributed by atoms with Crippen LogP contribution >= 0.6 is 11.6 Å². The maximum Gasteiger partial charge on any atom is 0.327 e. The molecule has 0 spiro atoms. The summed E-state index contributed by atoms with van der Waals surface area (Å²) in [5.41, 5.74) is 0.126. The summed E-state index contributed by atoms with van der Waals surface area (Å²) < 4.78 is 6.48. The first-order valence-electron chi connectivity index (χ1n) is 6.43. The summed E-state index contributed by atoms with van der Waals surface area (Å²) in [7, 11) is 1.36. The number of nitrogens with zero attached hydrogens (tertiary/aromatic N) is 3. The number of anilines is 2. The van der Waals surface area contributed by atoms with Crippen molar-refractivity contribution in [1.82, 2.24) is 19.4 Å². The molecular formula is C13H11ClN6O3. The first-order valence-corrected chi connectivity index (χ1v) is 6.80. The second-order valence-corrected chi connectivity index (χ2v) is 4.75. The Morgan fingerprint density at radius 3 is 2.96 bits per heavy atom. The predicted molar refractivity (Wildman–Crippen MR) is 84.3 cm³/mol. The number of ether oxygens (including phenoxy) is 1. The number of aromatic amines is 1. The van der Waals surface area contributed by atoms with Crippen LogP contribution in [0.4, 0.5) is 16.6 Å². The lowest BCUT2D eigenvalue weighted by molar-refractivity contribution is 0.262. The number of fused-ring (bicyclic) bond motifs is 1. The maximum absolute atomic E-state index is 12.1. The SMILES string of the molecule is COc1cc(=O)[nH]c(NC(=O)Nc2c(Cl)nc3ccccn23)n1. The molecule has 0 aliphatic rings. The Kier molecular flexibility index (Phi) is 3.85.